The van der Waals surface area contributed by atoms with Gasteiger partial charge in [-0.05, 0) is 43.5 Å². The highest BCUT2D eigenvalue weighted by molar-refractivity contribution is 8.01. The number of nitrogens with zero attached hydrogens (tertiary/aromatic N) is 2. The first kappa shape index (κ1) is 18.6. The second-order valence-electron chi connectivity index (χ2n) is 8.02. The maximum absolute atomic E-state index is 13.9. The second kappa shape index (κ2) is 6.80. The fourth-order valence-corrected chi connectivity index (χ4v) is 5.87. The molecule has 0 N–H and O–H groups in total. The molecular formula is C23H24N2O3S. The van der Waals surface area contributed by atoms with Crippen LogP contribution in [0.1, 0.15) is 29.5 Å². The number of benzene rings is 2. The van der Waals surface area contributed by atoms with Crippen molar-refractivity contribution in [1.82, 2.24) is 4.90 Å². The van der Waals surface area contributed by atoms with Crippen molar-refractivity contribution in [2.24, 2.45) is 5.92 Å². The molecule has 5 nitrogen and oxygen atoms in total. The molecule has 2 aromatic rings. The van der Waals surface area contributed by atoms with Crippen LogP contribution in [0.3, 0.4) is 0 Å². The molecule has 29 heavy (non-hydrogen) atoms. The third kappa shape index (κ3) is 2.84. The van der Waals surface area contributed by atoms with E-state index >= 15 is 0 Å². The molecule has 0 bridgehead atoms. The highest BCUT2D eigenvalue weighted by atomic mass is 32.2. The van der Waals surface area contributed by atoms with E-state index in [2.05, 4.69) is 6.07 Å². The second-order valence-corrected chi connectivity index (χ2v) is 9.31. The number of hydrogen-bond acceptors (Lipinski definition) is 4. The van der Waals surface area contributed by atoms with Gasteiger partial charge in [0, 0.05) is 23.8 Å². The number of carbonyl (C=O) groups excluding carboxylic acids is 2. The number of methoxy groups -OCH3 is 1. The largest absolute Gasteiger partial charge is 0.497 e. The molecule has 2 aromatic carbocycles. The average Bonchev–Trinajstić information content (AvgIpc) is 3.45. The number of hydrogen-bond donors (Lipinski definition) is 0. The zero-order valence-electron chi connectivity index (χ0n) is 16.7. The van der Waals surface area contributed by atoms with Gasteiger partial charge in [-0.15, -0.1) is 11.8 Å². The van der Waals surface area contributed by atoms with E-state index in [-0.39, 0.29) is 17.7 Å². The molecule has 0 radical (unpaired) electrons. The van der Waals surface area contributed by atoms with Crippen LogP contribution in [0.15, 0.2) is 42.5 Å². The van der Waals surface area contributed by atoms with Crippen LogP contribution in [0, 0.1) is 12.8 Å². The summed E-state index contributed by atoms with van der Waals surface area (Å²) in [7, 11) is 1.64. The molecule has 1 aliphatic carbocycles. The molecule has 1 saturated heterocycles. The van der Waals surface area contributed by atoms with Gasteiger partial charge in [0.15, 0.2) is 4.87 Å². The minimum absolute atomic E-state index is 0.00239. The highest BCUT2D eigenvalue weighted by Gasteiger charge is 2.60. The lowest BCUT2D eigenvalue weighted by atomic mass is 10.0. The van der Waals surface area contributed by atoms with Gasteiger partial charge in [0.2, 0.25) is 5.91 Å². The number of fused-ring (bicyclic) bond motifs is 2. The Bertz CT molecular complexity index is 1000. The fourth-order valence-electron chi connectivity index (χ4n) is 4.41. The molecule has 2 fully saturated rings. The van der Waals surface area contributed by atoms with Crippen molar-refractivity contribution < 1.29 is 14.3 Å². The number of rotatable bonds is 4. The minimum atomic E-state index is -0.917. The summed E-state index contributed by atoms with van der Waals surface area (Å²) < 4.78 is 5.35. The van der Waals surface area contributed by atoms with Gasteiger partial charge >= 0.3 is 0 Å². The standard InChI is InChI=1S/C23H24N2O3S/c1-15-6-9-20-19(12-15)23(25(10-11-29-23)21(26)17-7-8-17)22(27)24(20)14-16-4-3-5-18(13-16)28-2/h3-6,9,12-13,17H,7-8,10-11,14H2,1-2H3. The van der Waals surface area contributed by atoms with E-state index in [0.29, 0.717) is 13.1 Å². The summed E-state index contributed by atoms with van der Waals surface area (Å²) in [4.78, 5) is 29.8. The molecule has 0 aromatic heterocycles. The van der Waals surface area contributed by atoms with Crippen molar-refractivity contribution >= 4 is 29.3 Å². The van der Waals surface area contributed by atoms with Gasteiger partial charge in [0.05, 0.1) is 19.3 Å². The number of amides is 2. The smallest absolute Gasteiger partial charge is 0.268 e. The summed E-state index contributed by atoms with van der Waals surface area (Å²) in [5, 5.41) is 0. The topological polar surface area (TPSA) is 49.9 Å². The Morgan fingerprint density at radius 3 is 2.83 bits per heavy atom. The van der Waals surface area contributed by atoms with Crippen molar-refractivity contribution in [3.63, 3.8) is 0 Å². The predicted molar refractivity (Wildman–Crippen MR) is 114 cm³/mol. The van der Waals surface area contributed by atoms with E-state index in [4.69, 9.17) is 4.74 Å². The number of ether oxygens (including phenoxy) is 1. The molecule has 1 atom stereocenters. The lowest BCUT2D eigenvalue weighted by Gasteiger charge is -2.33. The fraction of sp³-hybridized carbons (Fsp3) is 0.391. The van der Waals surface area contributed by atoms with Crippen molar-refractivity contribution in [2.45, 2.75) is 31.2 Å². The van der Waals surface area contributed by atoms with Crippen LogP contribution < -0.4 is 9.64 Å². The van der Waals surface area contributed by atoms with Crippen LogP contribution in [-0.4, -0.2) is 36.1 Å². The van der Waals surface area contributed by atoms with Gasteiger partial charge in [-0.2, -0.15) is 0 Å². The van der Waals surface area contributed by atoms with Gasteiger partial charge in [-0.25, -0.2) is 0 Å². The highest BCUT2D eigenvalue weighted by Crippen LogP contribution is 2.55. The lowest BCUT2D eigenvalue weighted by molar-refractivity contribution is -0.141. The third-order valence-corrected chi connectivity index (χ3v) is 7.44. The summed E-state index contributed by atoms with van der Waals surface area (Å²) in [6.07, 6.45) is 1.89. The van der Waals surface area contributed by atoms with Gasteiger partial charge in [-0.3, -0.25) is 9.59 Å². The maximum Gasteiger partial charge on any atom is 0.268 e. The first-order valence-corrected chi connectivity index (χ1v) is 11.0. The van der Waals surface area contributed by atoms with E-state index in [0.717, 1.165) is 46.7 Å². The zero-order valence-corrected chi connectivity index (χ0v) is 17.5. The third-order valence-electron chi connectivity index (χ3n) is 6.02. The van der Waals surface area contributed by atoms with Gasteiger partial charge in [0.25, 0.3) is 5.91 Å². The Morgan fingerprint density at radius 1 is 1.24 bits per heavy atom. The van der Waals surface area contributed by atoms with Gasteiger partial charge in [0.1, 0.15) is 5.75 Å². The predicted octanol–water partition coefficient (Wildman–Crippen LogP) is 3.69. The molecule has 2 aliphatic heterocycles. The molecule has 1 unspecified atom stereocenters. The number of thioether (sulfide) groups is 1. The SMILES string of the molecule is COc1cccc(CN2C(=O)C3(SCCN3C(=O)C3CC3)c3cc(C)ccc32)c1. The number of carbonyl (C=O) groups is 2. The molecule has 1 spiro atoms. The van der Waals surface area contributed by atoms with Crippen molar-refractivity contribution in [1.29, 1.82) is 0 Å². The quantitative estimate of drug-likeness (QED) is 0.774. The molecule has 2 heterocycles. The Labute approximate surface area is 175 Å². The molecule has 6 heteroatoms. The van der Waals surface area contributed by atoms with Crippen LogP contribution >= 0.6 is 11.8 Å². The Morgan fingerprint density at radius 2 is 2.07 bits per heavy atom. The summed E-state index contributed by atoms with van der Waals surface area (Å²) in [6.45, 7) is 3.13. The van der Waals surface area contributed by atoms with E-state index in [9.17, 15) is 9.59 Å². The normalized spacial score (nSPS) is 23.0. The molecule has 2 amide bonds. The summed E-state index contributed by atoms with van der Waals surface area (Å²) >= 11 is 1.60. The van der Waals surface area contributed by atoms with Crippen LogP contribution in [0.2, 0.25) is 0 Å². The van der Waals surface area contributed by atoms with Crippen LogP contribution in [0.5, 0.6) is 5.75 Å². The molecular weight excluding hydrogens is 384 g/mol. The Kier molecular flexibility index (Phi) is 4.35. The molecule has 5 rings (SSSR count). The molecule has 3 aliphatic rings. The van der Waals surface area contributed by atoms with Gasteiger partial charge < -0.3 is 14.5 Å². The van der Waals surface area contributed by atoms with Crippen LogP contribution in [0.4, 0.5) is 5.69 Å². The van der Waals surface area contributed by atoms with E-state index < -0.39 is 4.87 Å². The van der Waals surface area contributed by atoms with Crippen molar-refractivity contribution in [3.05, 3.63) is 59.2 Å². The molecule has 1 saturated carbocycles. The Balaban J connectivity index is 1.58. The van der Waals surface area contributed by atoms with Crippen molar-refractivity contribution in [2.75, 3.05) is 24.3 Å². The Hall–Kier alpha value is -2.47. The van der Waals surface area contributed by atoms with E-state index in [1.807, 2.05) is 53.1 Å². The van der Waals surface area contributed by atoms with Crippen LogP contribution in [0.25, 0.3) is 0 Å². The van der Waals surface area contributed by atoms with E-state index in [1.165, 1.54) is 0 Å². The van der Waals surface area contributed by atoms with Crippen molar-refractivity contribution in [3.8, 4) is 5.75 Å². The zero-order chi connectivity index (χ0) is 20.2. The summed E-state index contributed by atoms with van der Waals surface area (Å²) in [5.74, 6) is 1.79. The van der Waals surface area contributed by atoms with Gasteiger partial charge in [-0.1, -0.05) is 29.8 Å². The summed E-state index contributed by atoms with van der Waals surface area (Å²) in [5.41, 5.74) is 3.98. The monoisotopic (exact) mass is 408 g/mol. The average molecular weight is 409 g/mol. The number of aryl methyl sites for hydroxylation is 1. The van der Waals surface area contributed by atoms with Crippen LogP contribution in [-0.2, 0) is 21.0 Å². The number of anilines is 1. The molecule has 150 valence electrons. The first-order valence-electron chi connectivity index (χ1n) is 10.1. The maximum atomic E-state index is 13.9. The van der Waals surface area contributed by atoms with E-state index in [1.54, 1.807) is 18.9 Å². The minimum Gasteiger partial charge on any atom is -0.497 e. The first-order chi connectivity index (χ1) is 14.0. The lowest BCUT2D eigenvalue weighted by Crippen LogP contribution is -2.50. The summed E-state index contributed by atoms with van der Waals surface area (Å²) in [6, 6.07) is 14.0.